The molecule has 0 aromatic heterocycles. The van der Waals surface area contributed by atoms with Crippen LogP contribution in [0.2, 0.25) is 0 Å². The van der Waals surface area contributed by atoms with Gasteiger partial charge in [0.05, 0.1) is 11.9 Å². The van der Waals surface area contributed by atoms with Gasteiger partial charge in [-0.15, -0.1) is 0 Å². The molecule has 2 aromatic carbocycles. The second kappa shape index (κ2) is 9.64. The molecule has 2 amide bonds. The van der Waals surface area contributed by atoms with Crippen LogP contribution in [-0.2, 0) is 19.6 Å². The number of quaternary nitrogens is 1. The van der Waals surface area contributed by atoms with E-state index in [1.165, 1.54) is 13.1 Å². The Balaban J connectivity index is 1.92. The molecule has 0 heterocycles. The Hall–Kier alpha value is -2.75. The zero-order valence-corrected chi connectivity index (χ0v) is 17.8. The number of carbonyl (C=O) groups excluding carboxylic acids is 2. The van der Waals surface area contributed by atoms with E-state index in [1.54, 1.807) is 26.1 Å². The molecule has 0 aliphatic heterocycles. The molecular weight excluding hydrogens is 392 g/mol. The van der Waals surface area contributed by atoms with Crippen LogP contribution in [-0.4, -0.2) is 47.4 Å². The van der Waals surface area contributed by atoms with Gasteiger partial charge in [0.2, 0.25) is 10.0 Å². The monoisotopic (exact) mass is 419 g/mol. The summed E-state index contributed by atoms with van der Waals surface area (Å²) in [6.45, 7) is 3.83. The Morgan fingerprint density at radius 1 is 0.897 bits per heavy atom. The molecule has 0 saturated carbocycles. The Kier molecular flexibility index (Phi) is 7.49. The number of rotatable bonds is 8. The molecule has 0 bridgehead atoms. The molecule has 2 aromatic rings. The number of carbonyl (C=O) groups is 2. The Morgan fingerprint density at radius 3 is 1.97 bits per heavy atom. The van der Waals surface area contributed by atoms with Gasteiger partial charge in [0.15, 0.2) is 13.1 Å². The number of anilines is 2. The summed E-state index contributed by atoms with van der Waals surface area (Å²) in [6.07, 6.45) is 0. The first-order chi connectivity index (χ1) is 13.6. The highest BCUT2D eigenvalue weighted by atomic mass is 32.2. The highest BCUT2D eigenvalue weighted by Gasteiger charge is 2.18. The van der Waals surface area contributed by atoms with Crippen molar-refractivity contribution in [1.29, 1.82) is 0 Å². The first-order valence-corrected chi connectivity index (χ1v) is 10.6. The summed E-state index contributed by atoms with van der Waals surface area (Å²) in [6, 6.07) is 12.1. The minimum Gasteiger partial charge on any atom is -0.322 e. The minimum absolute atomic E-state index is 0.0588. The summed E-state index contributed by atoms with van der Waals surface area (Å²) in [5.74, 6) is -0.515. The maximum absolute atomic E-state index is 12.3. The number of amides is 2. The SMILES string of the molecule is CNS(=O)(=O)c1cc(NC(=O)C[NH+](C)CC(=O)Nc2ccc(C)cc2)ccc1C. The number of hydrogen-bond acceptors (Lipinski definition) is 4. The molecule has 1 atom stereocenters. The van der Waals surface area contributed by atoms with Crippen LogP contribution in [0, 0.1) is 13.8 Å². The molecule has 8 nitrogen and oxygen atoms in total. The summed E-state index contributed by atoms with van der Waals surface area (Å²) in [5, 5.41) is 5.48. The average molecular weight is 420 g/mol. The lowest BCUT2D eigenvalue weighted by Gasteiger charge is -2.14. The van der Waals surface area contributed by atoms with E-state index in [0.29, 0.717) is 21.8 Å². The fourth-order valence-corrected chi connectivity index (χ4v) is 3.73. The van der Waals surface area contributed by atoms with Crippen molar-refractivity contribution >= 4 is 33.2 Å². The number of aryl methyl sites for hydroxylation is 2. The van der Waals surface area contributed by atoms with Gasteiger partial charge in [0.1, 0.15) is 0 Å². The lowest BCUT2D eigenvalue weighted by molar-refractivity contribution is -0.862. The molecule has 0 fully saturated rings. The molecule has 4 N–H and O–H groups in total. The van der Waals surface area contributed by atoms with Crippen LogP contribution in [0.5, 0.6) is 0 Å². The first kappa shape index (κ1) is 22.5. The predicted molar refractivity (Wildman–Crippen MR) is 112 cm³/mol. The maximum Gasteiger partial charge on any atom is 0.279 e. The van der Waals surface area contributed by atoms with Crippen molar-refractivity contribution in [2.24, 2.45) is 0 Å². The van der Waals surface area contributed by atoms with Crippen molar-refractivity contribution in [3.05, 3.63) is 53.6 Å². The quantitative estimate of drug-likeness (QED) is 0.494. The van der Waals surface area contributed by atoms with Gasteiger partial charge in [-0.3, -0.25) is 9.59 Å². The van der Waals surface area contributed by atoms with E-state index in [-0.39, 0.29) is 29.8 Å². The molecule has 9 heteroatoms. The standard InChI is InChI=1S/C20H26N4O4S/c1-14-5-8-16(9-6-14)22-19(25)12-24(4)13-20(26)23-17-10-7-15(2)18(11-17)29(27,28)21-3/h5-11,21H,12-13H2,1-4H3,(H,22,25)(H,23,26)/p+1. The molecular formula is C20H27N4O4S+. The largest absolute Gasteiger partial charge is 0.322 e. The van der Waals surface area contributed by atoms with Crippen LogP contribution in [0.15, 0.2) is 47.4 Å². The molecule has 0 radical (unpaired) electrons. The van der Waals surface area contributed by atoms with Gasteiger partial charge in [0, 0.05) is 11.4 Å². The zero-order valence-electron chi connectivity index (χ0n) is 17.0. The van der Waals surface area contributed by atoms with Crippen LogP contribution in [0.1, 0.15) is 11.1 Å². The molecule has 1 unspecified atom stereocenters. The van der Waals surface area contributed by atoms with Gasteiger partial charge in [-0.2, -0.15) is 0 Å². The van der Waals surface area contributed by atoms with Crippen LogP contribution >= 0.6 is 0 Å². The average Bonchev–Trinajstić information content (AvgIpc) is 2.64. The summed E-state index contributed by atoms with van der Waals surface area (Å²) in [5.41, 5.74) is 2.76. The molecule has 156 valence electrons. The van der Waals surface area contributed by atoms with E-state index in [9.17, 15) is 18.0 Å². The van der Waals surface area contributed by atoms with Crippen LogP contribution < -0.4 is 20.3 Å². The number of benzene rings is 2. The number of sulfonamides is 1. The molecule has 0 saturated heterocycles. The van der Waals surface area contributed by atoms with E-state index >= 15 is 0 Å². The topological polar surface area (TPSA) is 109 Å². The van der Waals surface area contributed by atoms with Crippen LogP contribution in [0.25, 0.3) is 0 Å². The third kappa shape index (κ3) is 6.67. The normalized spacial score (nSPS) is 12.3. The van der Waals surface area contributed by atoms with E-state index in [0.717, 1.165) is 5.56 Å². The van der Waals surface area contributed by atoms with Crippen molar-refractivity contribution in [3.8, 4) is 0 Å². The number of likely N-dealkylation sites (N-methyl/N-ethyl adjacent to an activating group) is 1. The summed E-state index contributed by atoms with van der Waals surface area (Å²) in [4.78, 5) is 25.2. The summed E-state index contributed by atoms with van der Waals surface area (Å²) >= 11 is 0. The molecule has 29 heavy (non-hydrogen) atoms. The maximum atomic E-state index is 12.3. The minimum atomic E-state index is -3.62. The van der Waals surface area contributed by atoms with Crippen molar-refractivity contribution in [2.75, 3.05) is 37.8 Å². The fraction of sp³-hybridized carbons (Fsp3) is 0.300. The van der Waals surface area contributed by atoms with E-state index < -0.39 is 10.0 Å². The second-order valence-electron chi connectivity index (χ2n) is 6.96. The van der Waals surface area contributed by atoms with Gasteiger partial charge >= 0.3 is 0 Å². The highest BCUT2D eigenvalue weighted by molar-refractivity contribution is 7.89. The molecule has 2 rings (SSSR count). The first-order valence-electron chi connectivity index (χ1n) is 9.12. The smallest absolute Gasteiger partial charge is 0.279 e. The van der Waals surface area contributed by atoms with E-state index in [2.05, 4.69) is 15.4 Å². The van der Waals surface area contributed by atoms with E-state index in [4.69, 9.17) is 0 Å². The zero-order chi connectivity index (χ0) is 21.6. The van der Waals surface area contributed by atoms with Crippen LogP contribution in [0.4, 0.5) is 11.4 Å². The van der Waals surface area contributed by atoms with Gasteiger partial charge in [-0.05, 0) is 50.7 Å². The molecule has 0 aliphatic rings. The molecule has 0 spiro atoms. The van der Waals surface area contributed by atoms with Gasteiger partial charge in [-0.25, -0.2) is 13.1 Å². The van der Waals surface area contributed by atoms with Gasteiger partial charge in [0.25, 0.3) is 11.8 Å². The third-order valence-electron chi connectivity index (χ3n) is 4.29. The van der Waals surface area contributed by atoms with E-state index in [1.807, 2.05) is 31.2 Å². The Bertz CT molecular complexity index is 988. The number of nitrogens with one attached hydrogen (secondary N) is 4. The molecule has 0 aliphatic carbocycles. The van der Waals surface area contributed by atoms with Crippen molar-refractivity contribution in [3.63, 3.8) is 0 Å². The Morgan fingerprint density at radius 2 is 1.41 bits per heavy atom. The second-order valence-corrected chi connectivity index (χ2v) is 8.82. The number of hydrogen-bond donors (Lipinski definition) is 4. The summed E-state index contributed by atoms with van der Waals surface area (Å²) in [7, 11) is -0.548. The van der Waals surface area contributed by atoms with Crippen molar-refractivity contribution in [1.82, 2.24) is 4.72 Å². The highest BCUT2D eigenvalue weighted by Crippen LogP contribution is 2.19. The third-order valence-corrected chi connectivity index (χ3v) is 5.85. The fourth-order valence-electron chi connectivity index (χ4n) is 2.74. The van der Waals surface area contributed by atoms with Crippen molar-refractivity contribution < 1.29 is 22.9 Å². The summed E-state index contributed by atoms with van der Waals surface area (Å²) < 4.78 is 26.4. The van der Waals surface area contributed by atoms with Crippen molar-refractivity contribution in [2.45, 2.75) is 18.7 Å². The Labute approximate surface area is 171 Å². The lowest BCUT2D eigenvalue weighted by atomic mass is 10.2. The lowest BCUT2D eigenvalue weighted by Crippen LogP contribution is -3.11. The van der Waals surface area contributed by atoms with Gasteiger partial charge in [-0.1, -0.05) is 23.8 Å². The van der Waals surface area contributed by atoms with Gasteiger partial charge < -0.3 is 15.5 Å². The predicted octanol–water partition coefficient (Wildman–Crippen LogP) is 0.303. The van der Waals surface area contributed by atoms with Crippen LogP contribution in [0.3, 0.4) is 0 Å².